The van der Waals surface area contributed by atoms with Gasteiger partial charge in [0.05, 0.1) is 12.1 Å². The molecule has 0 aliphatic heterocycles. The van der Waals surface area contributed by atoms with Crippen molar-refractivity contribution in [2.75, 3.05) is 13.7 Å². The quantitative estimate of drug-likeness (QED) is 0.619. The molecule has 5 nitrogen and oxygen atoms in total. The van der Waals surface area contributed by atoms with Crippen molar-refractivity contribution in [2.24, 2.45) is 0 Å². The van der Waals surface area contributed by atoms with Crippen molar-refractivity contribution in [1.82, 2.24) is 9.88 Å². The Balaban J connectivity index is 1.77. The van der Waals surface area contributed by atoms with E-state index < -0.39 is 0 Å². The van der Waals surface area contributed by atoms with E-state index in [1.54, 1.807) is 25.4 Å². The number of hydrogen-bond acceptors (Lipinski definition) is 3. The fourth-order valence-corrected chi connectivity index (χ4v) is 2.29. The van der Waals surface area contributed by atoms with Gasteiger partial charge >= 0.3 is 0 Å². The molecule has 1 amide bonds. The summed E-state index contributed by atoms with van der Waals surface area (Å²) in [5, 5.41) is 3.29. The lowest BCUT2D eigenvalue weighted by molar-refractivity contribution is -0.116. The summed E-state index contributed by atoms with van der Waals surface area (Å²) in [6, 6.07) is 10.4. The highest BCUT2D eigenvalue weighted by Crippen LogP contribution is 2.13. The zero-order valence-corrected chi connectivity index (χ0v) is 14.1. The number of pyridine rings is 1. The number of nitrogens with zero attached hydrogens (tertiary/aromatic N) is 1. The molecule has 2 rings (SSSR count). The maximum atomic E-state index is 11.8. The molecule has 0 radical (unpaired) electrons. The van der Waals surface area contributed by atoms with Gasteiger partial charge in [0.15, 0.2) is 0 Å². The van der Waals surface area contributed by atoms with Crippen LogP contribution < -0.4 is 15.6 Å². The van der Waals surface area contributed by atoms with Crippen LogP contribution in [0.5, 0.6) is 5.75 Å². The van der Waals surface area contributed by atoms with Crippen molar-refractivity contribution < 1.29 is 9.53 Å². The van der Waals surface area contributed by atoms with E-state index in [4.69, 9.17) is 16.3 Å². The first-order chi connectivity index (χ1) is 11.6. The second-order valence-corrected chi connectivity index (χ2v) is 5.57. The van der Waals surface area contributed by atoms with Crippen molar-refractivity contribution in [3.05, 3.63) is 69.6 Å². The number of aryl methyl sites for hydroxylation is 1. The number of ether oxygens (including phenoxy) is 1. The molecule has 2 aromatic rings. The Kier molecular flexibility index (Phi) is 6.63. The lowest BCUT2D eigenvalue weighted by Crippen LogP contribution is -2.25. The number of rotatable bonds is 7. The van der Waals surface area contributed by atoms with E-state index in [9.17, 15) is 9.59 Å². The van der Waals surface area contributed by atoms with Crippen molar-refractivity contribution in [3.63, 3.8) is 0 Å². The van der Waals surface area contributed by atoms with Crippen LogP contribution in [0.15, 0.2) is 53.5 Å². The third-order valence-corrected chi connectivity index (χ3v) is 3.57. The van der Waals surface area contributed by atoms with Crippen LogP contribution in [0.3, 0.4) is 0 Å². The Morgan fingerprint density at radius 2 is 2.17 bits per heavy atom. The van der Waals surface area contributed by atoms with E-state index in [2.05, 4.69) is 5.32 Å². The molecule has 0 saturated carbocycles. The van der Waals surface area contributed by atoms with Crippen LogP contribution in [0, 0.1) is 0 Å². The van der Waals surface area contributed by atoms with E-state index >= 15 is 0 Å². The van der Waals surface area contributed by atoms with Crippen molar-refractivity contribution in [2.45, 2.75) is 13.0 Å². The van der Waals surface area contributed by atoms with Crippen LogP contribution >= 0.6 is 11.6 Å². The topological polar surface area (TPSA) is 60.3 Å². The van der Waals surface area contributed by atoms with Crippen LogP contribution in [0.2, 0.25) is 5.02 Å². The van der Waals surface area contributed by atoms with Crippen molar-refractivity contribution in [3.8, 4) is 5.75 Å². The standard InChI is InChI=1S/C18H19ClN2O3/c1-24-16-5-2-4-14(12-16)6-8-17(22)20-10-3-11-21-13-15(19)7-9-18(21)23/h2,4-9,12-13H,3,10-11H2,1H3,(H,20,22)/b8-6+. The van der Waals surface area contributed by atoms with Gasteiger partial charge in [-0.1, -0.05) is 23.7 Å². The molecular formula is C18H19ClN2O3. The summed E-state index contributed by atoms with van der Waals surface area (Å²) in [6.07, 6.45) is 5.42. The largest absolute Gasteiger partial charge is 0.497 e. The minimum absolute atomic E-state index is 0.108. The number of carbonyl (C=O) groups excluding carboxylic acids is 1. The SMILES string of the molecule is COc1cccc(/C=C/C(=O)NCCCn2cc(Cl)ccc2=O)c1. The second-order valence-electron chi connectivity index (χ2n) is 5.13. The molecule has 0 unspecified atom stereocenters. The lowest BCUT2D eigenvalue weighted by Gasteiger charge is -2.06. The van der Waals surface area contributed by atoms with Crippen LogP contribution in [0.1, 0.15) is 12.0 Å². The number of methoxy groups -OCH3 is 1. The van der Waals surface area contributed by atoms with Gasteiger partial charge in [-0.2, -0.15) is 0 Å². The highest BCUT2D eigenvalue weighted by atomic mass is 35.5. The highest BCUT2D eigenvalue weighted by molar-refractivity contribution is 6.30. The van der Waals surface area contributed by atoms with Crippen molar-refractivity contribution in [1.29, 1.82) is 0 Å². The fraction of sp³-hybridized carbons (Fsp3) is 0.222. The predicted octanol–water partition coefficient (Wildman–Crippen LogP) is 2.73. The molecule has 0 fully saturated rings. The van der Waals surface area contributed by atoms with E-state index in [-0.39, 0.29) is 11.5 Å². The first-order valence-electron chi connectivity index (χ1n) is 7.54. The normalized spacial score (nSPS) is 10.8. The van der Waals surface area contributed by atoms with Gasteiger partial charge < -0.3 is 14.6 Å². The van der Waals surface area contributed by atoms with Gasteiger partial charge in [-0.05, 0) is 36.3 Å². The van der Waals surface area contributed by atoms with Gasteiger partial charge in [-0.15, -0.1) is 0 Å². The minimum Gasteiger partial charge on any atom is -0.497 e. The molecule has 1 heterocycles. The minimum atomic E-state index is -0.184. The summed E-state index contributed by atoms with van der Waals surface area (Å²) >= 11 is 5.85. The fourth-order valence-electron chi connectivity index (χ4n) is 2.11. The van der Waals surface area contributed by atoms with Crippen LogP contribution in [-0.4, -0.2) is 24.1 Å². The number of amides is 1. The van der Waals surface area contributed by atoms with Gasteiger partial charge in [0.25, 0.3) is 5.56 Å². The average molecular weight is 347 g/mol. The lowest BCUT2D eigenvalue weighted by atomic mass is 10.2. The first kappa shape index (κ1) is 17.8. The van der Waals surface area contributed by atoms with Crippen molar-refractivity contribution >= 4 is 23.6 Å². The predicted molar refractivity (Wildman–Crippen MR) is 95.4 cm³/mol. The number of benzene rings is 1. The molecular weight excluding hydrogens is 328 g/mol. The molecule has 0 bridgehead atoms. The van der Waals surface area contributed by atoms with Gasteiger partial charge in [-0.25, -0.2) is 0 Å². The molecule has 0 spiro atoms. The Hall–Kier alpha value is -2.53. The summed E-state index contributed by atoms with van der Waals surface area (Å²) in [5.41, 5.74) is 0.777. The zero-order chi connectivity index (χ0) is 17.4. The smallest absolute Gasteiger partial charge is 0.250 e. The molecule has 0 aliphatic carbocycles. The Bertz CT molecular complexity index is 784. The molecule has 0 atom stereocenters. The van der Waals surface area contributed by atoms with Crippen LogP contribution in [-0.2, 0) is 11.3 Å². The summed E-state index contributed by atoms with van der Waals surface area (Å²) < 4.78 is 6.66. The van der Waals surface area contributed by atoms with Gasteiger partial charge in [-0.3, -0.25) is 9.59 Å². The third kappa shape index (κ3) is 5.59. The Morgan fingerprint density at radius 1 is 1.33 bits per heavy atom. The second kappa shape index (κ2) is 8.93. The molecule has 1 aromatic carbocycles. The van der Waals surface area contributed by atoms with E-state index in [0.717, 1.165) is 11.3 Å². The monoisotopic (exact) mass is 346 g/mol. The maximum Gasteiger partial charge on any atom is 0.250 e. The summed E-state index contributed by atoms with van der Waals surface area (Å²) in [7, 11) is 1.60. The maximum absolute atomic E-state index is 11.8. The van der Waals surface area contributed by atoms with Crippen LogP contribution in [0.4, 0.5) is 0 Å². The number of nitrogens with one attached hydrogen (secondary N) is 1. The Morgan fingerprint density at radius 3 is 2.96 bits per heavy atom. The molecule has 1 N–H and O–H groups in total. The van der Waals surface area contributed by atoms with Gasteiger partial charge in [0.1, 0.15) is 5.75 Å². The number of carbonyl (C=O) groups is 1. The molecule has 6 heteroatoms. The first-order valence-corrected chi connectivity index (χ1v) is 7.92. The zero-order valence-electron chi connectivity index (χ0n) is 13.4. The number of halogens is 1. The summed E-state index contributed by atoms with van der Waals surface area (Å²) in [6.45, 7) is 0.972. The average Bonchev–Trinajstić information content (AvgIpc) is 2.60. The Labute approximate surface area is 145 Å². The highest BCUT2D eigenvalue weighted by Gasteiger charge is 1.99. The molecule has 0 saturated heterocycles. The van der Waals surface area contributed by atoms with E-state index in [1.807, 2.05) is 24.3 Å². The van der Waals surface area contributed by atoms with Gasteiger partial charge in [0.2, 0.25) is 5.91 Å². The van der Waals surface area contributed by atoms with Gasteiger partial charge in [0, 0.05) is 31.4 Å². The molecule has 0 aliphatic rings. The number of aromatic nitrogens is 1. The summed E-state index contributed by atoms with van der Waals surface area (Å²) in [4.78, 5) is 23.4. The van der Waals surface area contributed by atoms with E-state index in [0.29, 0.717) is 24.5 Å². The third-order valence-electron chi connectivity index (χ3n) is 3.34. The molecule has 126 valence electrons. The summed E-state index contributed by atoms with van der Waals surface area (Å²) in [5.74, 6) is 0.556. The number of hydrogen-bond donors (Lipinski definition) is 1. The van der Waals surface area contributed by atoms with Crippen LogP contribution in [0.25, 0.3) is 6.08 Å². The molecule has 24 heavy (non-hydrogen) atoms. The molecule has 1 aromatic heterocycles. The van der Waals surface area contributed by atoms with E-state index in [1.165, 1.54) is 16.7 Å².